The van der Waals surface area contributed by atoms with Gasteiger partial charge in [-0.1, -0.05) is 91.3 Å². The fourth-order valence-corrected chi connectivity index (χ4v) is 4.08. The van der Waals surface area contributed by atoms with Gasteiger partial charge in [-0.25, -0.2) is 0 Å². The minimum Gasteiger partial charge on any atom is -0.484 e. The first-order chi connectivity index (χ1) is 17.4. The van der Waals surface area contributed by atoms with Gasteiger partial charge in [-0.05, 0) is 53.3 Å². The predicted molar refractivity (Wildman–Crippen MR) is 148 cm³/mol. The number of benzene rings is 3. The van der Waals surface area contributed by atoms with Crippen LogP contribution in [0, 0.1) is 5.92 Å². The Balaban J connectivity index is 1.87. The minimum absolute atomic E-state index is 0.148. The largest absolute Gasteiger partial charge is 0.484 e. The average molecular weight is 552 g/mol. The van der Waals surface area contributed by atoms with Gasteiger partial charge in [0.25, 0.3) is 5.91 Å². The van der Waals surface area contributed by atoms with Gasteiger partial charge in [0.2, 0.25) is 5.91 Å². The van der Waals surface area contributed by atoms with Gasteiger partial charge in [-0.3, -0.25) is 9.59 Å². The maximum Gasteiger partial charge on any atom is 0.261 e. The highest BCUT2D eigenvalue weighted by Gasteiger charge is 2.30. The number of hydrogen-bond acceptors (Lipinski definition) is 3. The summed E-state index contributed by atoms with van der Waals surface area (Å²) < 4.78 is 6.81. The minimum atomic E-state index is -0.673. The maximum absolute atomic E-state index is 13.6. The topological polar surface area (TPSA) is 58.6 Å². The van der Waals surface area contributed by atoms with Gasteiger partial charge in [-0.2, -0.15) is 0 Å². The van der Waals surface area contributed by atoms with Crippen molar-refractivity contribution in [3.63, 3.8) is 0 Å². The Morgan fingerprint density at radius 3 is 2.14 bits per heavy atom. The molecule has 0 aliphatic rings. The molecule has 0 bridgehead atoms. The molecule has 1 atom stereocenters. The second kappa shape index (κ2) is 13.8. The molecule has 0 heterocycles. The molecule has 5 nitrogen and oxygen atoms in total. The summed E-state index contributed by atoms with van der Waals surface area (Å²) in [6.07, 6.45) is 1.35. The summed E-state index contributed by atoms with van der Waals surface area (Å²) in [6, 6.07) is 24.7. The average Bonchev–Trinajstić information content (AvgIpc) is 2.89. The smallest absolute Gasteiger partial charge is 0.261 e. The van der Waals surface area contributed by atoms with Crippen molar-refractivity contribution in [2.75, 3.05) is 13.2 Å². The molecular weight excluding hydrogens is 516 g/mol. The van der Waals surface area contributed by atoms with Crippen LogP contribution in [0.2, 0.25) is 0 Å². The lowest BCUT2D eigenvalue weighted by Crippen LogP contribution is -2.52. The van der Waals surface area contributed by atoms with Crippen LogP contribution >= 0.6 is 15.9 Å². The lowest BCUT2D eigenvalue weighted by atomic mass is 10.0. The van der Waals surface area contributed by atoms with E-state index in [4.69, 9.17) is 4.74 Å². The van der Waals surface area contributed by atoms with Gasteiger partial charge in [-0.15, -0.1) is 0 Å². The van der Waals surface area contributed by atoms with Gasteiger partial charge in [0, 0.05) is 24.0 Å². The highest BCUT2D eigenvalue weighted by atomic mass is 79.9. The summed E-state index contributed by atoms with van der Waals surface area (Å²) in [7, 11) is 0. The number of hydrogen-bond donors (Lipinski definition) is 1. The quantitative estimate of drug-likeness (QED) is 0.310. The molecule has 190 valence electrons. The summed E-state index contributed by atoms with van der Waals surface area (Å²) in [4.78, 5) is 28.7. The van der Waals surface area contributed by atoms with Crippen LogP contribution in [0.1, 0.15) is 37.5 Å². The van der Waals surface area contributed by atoms with Crippen molar-refractivity contribution in [1.82, 2.24) is 10.2 Å². The van der Waals surface area contributed by atoms with Crippen LogP contribution in [0.15, 0.2) is 83.3 Å². The van der Waals surface area contributed by atoms with Crippen molar-refractivity contribution < 1.29 is 14.3 Å². The normalized spacial score (nSPS) is 11.7. The van der Waals surface area contributed by atoms with E-state index < -0.39 is 6.04 Å². The number of amides is 2. The monoisotopic (exact) mass is 550 g/mol. The van der Waals surface area contributed by atoms with Crippen molar-refractivity contribution in [2.24, 2.45) is 5.92 Å². The molecule has 36 heavy (non-hydrogen) atoms. The molecule has 3 rings (SSSR count). The zero-order valence-corrected chi connectivity index (χ0v) is 22.8. The molecule has 2 amide bonds. The van der Waals surface area contributed by atoms with Crippen molar-refractivity contribution in [2.45, 2.75) is 46.2 Å². The zero-order valence-electron chi connectivity index (χ0n) is 21.2. The fraction of sp³-hybridized carbons (Fsp3) is 0.333. The van der Waals surface area contributed by atoms with Gasteiger partial charge in [0.15, 0.2) is 6.61 Å². The first-order valence-electron chi connectivity index (χ1n) is 12.4. The Labute approximate surface area is 223 Å². The number of halogens is 1. The lowest BCUT2D eigenvalue weighted by molar-refractivity contribution is -0.142. The molecule has 0 spiro atoms. The molecule has 0 radical (unpaired) electrons. The van der Waals surface area contributed by atoms with Crippen LogP contribution in [-0.2, 0) is 29.0 Å². The molecule has 3 aromatic rings. The second-order valence-corrected chi connectivity index (χ2v) is 10.2. The third-order valence-electron chi connectivity index (χ3n) is 5.92. The summed E-state index contributed by atoms with van der Waals surface area (Å²) in [6.45, 7) is 6.90. The summed E-state index contributed by atoms with van der Waals surface area (Å²) in [5.74, 6) is 0.535. The highest BCUT2D eigenvalue weighted by molar-refractivity contribution is 9.10. The van der Waals surface area contributed by atoms with Crippen molar-refractivity contribution in [3.05, 3.63) is 100 Å². The van der Waals surface area contributed by atoms with E-state index in [0.29, 0.717) is 31.2 Å². The summed E-state index contributed by atoms with van der Waals surface area (Å²) >= 11 is 3.47. The molecule has 3 aromatic carbocycles. The van der Waals surface area contributed by atoms with E-state index in [1.807, 2.05) is 78.9 Å². The van der Waals surface area contributed by atoms with Gasteiger partial charge < -0.3 is 15.0 Å². The van der Waals surface area contributed by atoms with E-state index in [0.717, 1.165) is 22.0 Å². The highest BCUT2D eigenvalue weighted by Crippen LogP contribution is 2.18. The Hall–Kier alpha value is -3.12. The molecule has 0 aromatic heterocycles. The number of ether oxygens (including phenoxy) is 1. The van der Waals surface area contributed by atoms with Gasteiger partial charge in [0.1, 0.15) is 11.8 Å². The van der Waals surface area contributed by atoms with Crippen LogP contribution in [-0.4, -0.2) is 35.9 Å². The third kappa shape index (κ3) is 8.52. The standard InChI is InChI=1S/C30H35BrN2O3/c1-4-23-12-16-27(17-13-23)36-21-29(34)33(20-25-10-14-26(31)15-11-25)28(30(35)32-19-22(2)3)18-24-8-6-5-7-9-24/h5-17,22,28H,4,18-21H2,1-3H3,(H,32,35)/t28-/m1/s1. The molecular formula is C30H35BrN2O3. The molecule has 0 saturated heterocycles. The lowest BCUT2D eigenvalue weighted by Gasteiger charge is -2.31. The predicted octanol–water partition coefficient (Wildman–Crippen LogP) is 5.80. The SMILES string of the molecule is CCc1ccc(OCC(=O)N(Cc2ccc(Br)cc2)[C@H](Cc2ccccc2)C(=O)NCC(C)C)cc1. The van der Waals surface area contributed by atoms with E-state index in [-0.39, 0.29) is 18.4 Å². The molecule has 0 aliphatic heterocycles. The molecule has 6 heteroatoms. The fourth-order valence-electron chi connectivity index (χ4n) is 3.81. The van der Waals surface area contributed by atoms with E-state index in [2.05, 4.69) is 42.0 Å². The molecule has 0 unspecified atom stereocenters. The molecule has 1 N–H and O–H groups in total. The third-order valence-corrected chi connectivity index (χ3v) is 6.44. The number of carbonyl (C=O) groups is 2. The zero-order chi connectivity index (χ0) is 25.9. The number of nitrogens with one attached hydrogen (secondary N) is 1. The van der Waals surface area contributed by atoms with Crippen LogP contribution in [0.25, 0.3) is 0 Å². The van der Waals surface area contributed by atoms with Crippen molar-refractivity contribution in [1.29, 1.82) is 0 Å². The van der Waals surface area contributed by atoms with E-state index >= 15 is 0 Å². The second-order valence-electron chi connectivity index (χ2n) is 9.28. The summed E-state index contributed by atoms with van der Waals surface area (Å²) in [5, 5.41) is 3.04. The number of nitrogens with zero attached hydrogens (tertiary/aromatic N) is 1. The van der Waals surface area contributed by atoms with E-state index in [1.54, 1.807) is 4.90 Å². The first kappa shape index (κ1) is 27.5. The van der Waals surface area contributed by atoms with Gasteiger partial charge >= 0.3 is 0 Å². The van der Waals surface area contributed by atoms with E-state index in [1.165, 1.54) is 5.56 Å². The summed E-state index contributed by atoms with van der Waals surface area (Å²) in [5.41, 5.74) is 3.13. The first-order valence-corrected chi connectivity index (χ1v) is 13.2. The molecule has 0 saturated carbocycles. The molecule has 0 aliphatic carbocycles. The molecule has 0 fully saturated rings. The Kier molecular flexibility index (Phi) is 10.6. The maximum atomic E-state index is 13.6. The number of carbonyl (C=O) groups excluding carboxylic acids is 2. The van der Waals surface area contributed by atoms with Gasteiger partial charge in [0.05, 0.1) is 0 Å². The Bertz CT molecular complexity index is 1100. The Morgan fingerprint density at radius 2 is 1.53 bits per heavy atom. The van der Waals surface area contributed by atoms with Crippen LogP contribution < -0.4 is 10.1 Å². The van der Waals surface area contributed by atoms with Crippen LogP contribution in [0.4, 0.5) is 0 Å². The number of rotatable bonds is 12. The Morgan fingerprint density at radius 1 is 0.889 bits per heavy atom. The van der Waals surface area contributed by atoms with Crippen LogP contribution in [0.5, 0.6) is 5.75 Å². The number of aryl methyl sites for hydroxylation is 1. The van der Waals surface area contributed by atoms with Crippen LogP contribution in [0.3, 0.4) is 0 Å². The van der Waals surface area contributed by atoms with Crippen molar-refractivity contribution in [3.8, 4) is 5.75 Å². The van der Waals surface area contributed by atoms with E-state index in [9.17, 15) is 9.59 Å². The van der Waals surface area contributed by atoms with Crippen molar-refractivity contribution >= 4 is 27.7 Å².